The Balaban J connectivity index is 2.06. The predicted octanol–water partition coefficient (Wildman–Crippen LogP) is 2.86. The van der Waals surface area contributed by atoms with E-state index in [2.05, 4.69) is 10.3 Å². The molecule has 1 aromatic heterocycles. The maximum absolute atomic E-state index is 13.3. The Kier molecular flexibility index (Phi) is 6.49. The second kappa shape index (κ2) is 9.03. The number of rotatable bonds is 7. The molecule has 146 valence electrons. The smallest absolute Gasteiger partial charge is 0.266 e. The molecule has 0 saturated heterocycles. The lowest BCUT2D eigenvalue weighted by atomic mass is 10.1. The number of amides is 1. The van der Waals surface area contributed by atoms with Crippen molar-refractivity contribution in [1.29, 1.82) is 0 Å². The molecule has 0 unspecified atom stereocenters. The van der Waals surface area contributed by atoms with Crippen molar-refractivity contribution in [2.75, 3.05) is 26.0 Å². The van der Waals surface area contributed by atoms with Gasteiger partial charge in [0.25, 0.3) is 5.56 Å². The number of fused-ring (bicyclic) bond motifs is 1. The van der Waals surface area contributed by atoms with Crippen LogP contribution in [0.4, 0.5) is 0 Å². The largest absolute Gasteiger partial charge is 0.383 e. The number of nitrogens with zero attached hydrogens (tertiary/aromatic N) is 2. The number of nitrogens with one attached hydrogen (secondary N) is 1. The number of methoxy groups -OCH3 is 1. The first-order valence-corrected chi connectivity index (χ1v) is 9.98. The van der Waals surface area contributed by atoms with Crippen LogP contribution in [-0.2, 0) is 9.53 Å². The third-order valence-electron chi connectivity index (χ3n) is 4.37. The van der Waals surface area contributed by atoms with Gasteiger partial charge in [0, 0.05) is 13.7 Å². The Morgan fingerprint density at radius 2 is 1.86 bits per heavy atom. The van der Waals surface area contributed by atoms with Crippen LogP contribution in [0.3, 0.4) is 0 Å². The van der Waals surface area contributed by atoms with Crippen molar-refractivity contribution >= 4 is 28.6 Å². The van der Waals surface area contributed by atoms with Crippen LogP contribution in [-0.4, -0.2) is 41.5 Å². The lowest BCUT2D eigenvalue weighted by Crippen LogP contribution is -2.29. The molecule has 2 aromatic carbocycles. The van der Waals surface area contributed by atoms with Crippen molar-refractivity contribution in [3.63, 3.8) is 0 Å². The number of aromatic nitrogens is 2. The average molecular weight is 398 g/mol. The fourth-order valence-electron chi connectivity index (χ4n) is 3.04. The van der Waals surface area contributed by atoms with Gasteiger partial charge in [-0.2, -0.15) is 0 Å². The molecule has 6 nitrogen and oxygen atoms in total. The zero-order valence-corrected chi connectivity index (χ0v) is 17.0. The summed E-state index contributed by atoms with van der Waals surface area (Å²) in [6.45, 7) is 4.84. The highest BCUT2D eigenvalue weighted by Gasteiger charge is 2.17. The van der Waals surface area contributed by atoms with E-state index >= 15 is 0 Å². The van der Waals surface area contributed by atoms with Gasteiger partial charge in [-0.3, -0.25) is 14.2 Å². The topological polar surface area (TPSA) is 73.2 Å². The van der Waals surface area contributed by atoms with E-state index in [4.69, 9.17) is 4.74 Å². The summed E-state index contributed by atoms with van der Waals surface area (Å²) in [6.07, 6.45) is 0. The molecule has 0 bridgehead atoms. The van der Waals surface area contributed by atoms with Crippen LogP contribution in [0.2, 0.25) is 0 Å². The summed E-state index contributed by atoms with van der Waals surface area (Å²) in [5.41, 5.74) is 3.26. The molecule has 28 heavy (non-hydrogen) atoms. The maximum Gasteiger partial charge on any atom is 0.266 e. The highest BCUT2D eigenvalue weighted by Crippen LogP contribution is 2.25. The van der Waals surface area contributed by atoms with Crippen molar-refractivity contribution in [2.45, 2.75) is 19.0 Å². The third-order valence-corrected chi connectivity index (χ3v) is 5.31. The Morgan fingerprint density at radius 3 is 2.57 bits per heavy atom. The van der Waals surface area contributed by atoms with Crippen LogP contribution in [0.15, 0.2) is 52.4 Å². The summed E-state index contributed by atoms with van der Waals surface area (Å²) in [4.78, 5) is 30.1. The zero-order chi connectivity index (χ0) is 20.1. The number of ether oxygens (including phenoxy) is 1. The van der Waals surface area contributed by atoms with Gasteiger partial charge in [0.1, 0.15) is 0 Å². The van der Waals surface area contributed by atoms with Gasteiger partial charge in [0.15, 0.2) is 5.16 Å². The molecule has 0 radical (unpaired) electrons. The molecule has 0 atom stereocenters. The highest BCUT2D eigenvalue weighted by atomic mass is 32.2. The van der Waals surface area contributed by atoms with E-state index in [1.54, 1.807) is 17.7 Å². The van der Waals surface area contributed by atoms with Crippen molar-refractivity contribution in [3.8, 4) is 5.69 Å². The Labute approximate surface area is 167 Å². The minimum absolute atomic E-state index is 0.127. The summed E-state index contributed by atoms with van der Waals surface area (Å²) in [5, 5.41) is 3.85. The van der Waals surface area contributed by atoms with Crippen LogP contribution in [0.1, 0.15) is 11.1 Å². The van der Waals surface area contributed by atoms with Gasteiger partial charge in [-0.15, -0.1) is 0 Å². The molecule has 0 fully saturated rings. The first kappa shape index (κ1) is 20.1. The Hall–Kier alpha value is -2.64. The van der Waals surface area contributed by atoms with Crippen molar-refractivity contribution < 1.29 is 9.53 Å². The summed E-state index contributed by atoms with van der Waals surface area (Å²) in [6, 6.07) is 13.2. The molecule has 0 spiro atoms. The van der Waals surface area contributed by atoms with Gasteiger partial charge >= 0.3 is 0 Å². The Morgan fingerprint density at radius 1 is 1.14 bits per heavy atom. The highest BCUT2D eigenvalue weighted by molar-refractivity contribution is 7.99. The van der Waals surface area contributed by atoms with E-state index in [0.29, 0.717) is 29.2 Å². The van der Waals surface area contributed by atoms with Gasteiger partial charge in [-0.25, -0.2) is 4.98 Å². The predicted molar refractivity (Wildman–Crippen MR) is 112 cm³/mol. The van der Waals surface area contributed by atoms with Crippen molar-refractivity contribution in [1.82, 2.24) is 14.9 Å². The SMILES string of the molecule is COCCNC(=O)CSc1nc2ccccc2c(=O)n1-c1c(C)cccc1C. The second-order valence-electron chi connectivity index (χ2n) is 6.42. The second-order valence-corrected chi connectivity index (χ2v) is 7.37. The normalized spacial score (nSPS) is 11.0. The third kappa shape index (κ3) is 4.26. The van der Waals surface area contributed by atoms with E-state index in [0.717, 1.165) is 16.8 Å². The molecule has 0 aliphatic rings. The molecule has 0 aliphatic heterocycles. The van der Waals surface area contributed by atoms with Crippen LogP contribution in [0.5, 0.6) is 0 Å². The maximum atomic E-state index is 13.3. The van der Waals surface area contributed by atoms with Gasteiger partial charge in [0.2, 0.25) is 5.91 Å². The van der Waals surface area contributed by atoms with E-state index in [1.807, 2.05) is 50.2 Å². The number of benzene rings is 2. The minimum atomic E-state index is -0.134. The van der Waals surface area contributed by atoms with Crippen molar-refractivity contribution in [3.05, 3.63) is 63.9 Å². The first-order chi connectivity index (χ1) is 13.5. The monoisotopic (exact) mass is 397 g/mol. The number of hydrogen-bond acceptors (Lipinski definition) is 5. The van der Waals surface area contributed by atoms with E-state index in [-0.39, 0.29) is 17.2 Å². The zero-order valence-electron chi connectivity index (χ0n) is 16.2. The lowest BCUT2D eigenvalue weighted by Gasteiger charge is -2.17. The molecule has 1 heterocycles. The minimum Gasteiger partial charge on any atom is -0.383 e. The lowest BCUT2D eigenvalue weighted by molar-refractivity contribution is -0.118. The fourth-order valence-corrected chi connectivity index (χ4v) is 3.87. The number of aryl methyl sites for hydroxylation is 2. The molecule has 7 heteroatoms. The van der Waals surface area contributed by atoms with Gasteiger partial charge in [0.05, 0.1) is 29.0 Å². The Bertz CT molecular complexity index is 1040. The number of para-hydroxylation sites is 2. The molecule has 3 rings (SSSR count). The van der Waals surface area contributed by atoms with E-state index < -0.39 is 0 Å². The fraction of sp³-hybridized carbons (Fsp3) is 0.286. The molecule has 1 amide bonds. The van der Waals surface area contributed by atoms with E-state index in [1.165, 1.54) is 11.8 Å². The molecular weight excluding hydrogens is 374 g/mol. The molecule has 0 aliphatic carbocycles. The quantitative estimate of drug-likeness (QED) is 0.377. The molecule has 3 aromatic rings. The molecular formula is C21H23N3O3S. The van der Waals surface area contributed by atoms with Crippen LogP contribution >= 0.6 is 11.8 Å². The van der Waals surface area contributed by atoms with Gasteiger partial charge < -0.3 is 10.1 Å². The summed E-state index contributed by atoms with van der Waals surface area (Å²) < 4.78 is 6.57. The van der Waals surface area contributed by atoms with E-state index in [9.17, 15) is 9.59 Å². The van der Waals surface area contributed by atoms with Crippen molar-refractivity contribution in [2.24, 2.45) is 0 Å². The summed E-state index contributed by atoms with van der Waals surface area (Å²) in [7, 11) is 1.59. The number of thioether (sulfide) groups is 1. The average Bonchev–Trinajstić information content (AvgIpc) is 2.68. The number of hydrogen-bond donors (Lipinski definition) is 1. The standard InChI is InChI=1S/C21H23N3O3S/c1-14-7-6-8-15(2)19(14)24-20(26)16-9-4-5-10-17(16)23-21(24)28-13-18(25)22-11-12-27-3/h4-10H,11-13H2,1-3H3,(H,22,25). The number of carbonyl (C=O) groups is 1. The van der Waals surface area contributed by atoms with Crippen LogP contribution in [0, 0.1) is 13.8 Å². The molecule has 0 saturated carbocycles. The molecule has 1 N–H and O–H groups in total. The summed E-state index contributed by atoms with van der Waals surface area (Å²) >= 11 is 1.25. The van der Waals surface area contributed by atoms with Gasteiger partial charge in [-0.05, 0) is 37.1 Å². The summed E-state index contributed by atoms with van der Waals surface area (Å²) in [5.74, 6) is 0.0388. The van der Waals surface area contributed by atoms with Crippen LogP contribution < -0.4 is 10.9 Å². The first-order valence-electron chi connectivity index (χ1n) is 8.99. The van der Waals surface area contributed by atoms with Crippen LogP contribution in [0.25, 0.3) is 16.6 Å². The number of carbonyl (C=O) groups excluding carboxylic acids is 1. The van der Waals surface area contributed by atoms with Gasteiger partial charge in [-0.1, -0.05) is 42.1 Å².